The third kappa shape index (κ3) is 4.06. The summed E-state index contributed by atoms with van der Waals surface area (Å²) in [6.45, 7) is 5.86. The Morgan fingerprint density at radius 3 is 2.58 bits per heavy atom. The molecule has 0 fully saturated rings. The molecule has 1 heterocycles. The van der Waals surface area contributed by atoms with Crippen molar-refractivity contribution in [1.29, 1.82) is 0 Å². The Hall–Kier alpha value is -1.89. The van der Waals surface area contributed by atoms with Crippen LogP contribution >= 0.6 is 0 Å². The van der Waals surface area contributed by atoms with Crippen molar-refractivity contribution in [2.24, 2.45) is 0 Å². The van der Waals surface area contributed by atoms with Gasteiger partial charge < -0.3 is 14.7 Å². The molecule has 0 spiro atoms. The van der Waals surface area contributed by atoms with E-state index in [4.69, 9.17) is 4.74 Å². The number of nitrogens with zero attached hydrogens (tertiary/aromatic N) is 3. The molecule has 0 radical (unpaired) electrons. The Morgan fingerprint density at radius 1 is 1.53 bits per heavy atom. The van der Waals surface area contributed by atoms with Crippen LogP contribution in [0.15, 0.2) is 12.1 Å². The maximum absolute atomic E-state index is 11.0. The number of ether oxygens (including phenoxy) is 1. The highest BCUT2D eigenvalue weighted by Gasteiger charge is 2.25. The summed E-state index contributed by atoms with van der Waals surface area (Å²) < 4.78 is 4.99. The molecule has 0 unspecified atom stereocenters. The van der Waals surface area contributed by atoms with Crippen LogP contribution < -0.4 is 9.64 Å². The number of nitro groups is 1. The number of methoxy groups -OCH3 is 1. The molecule has 0 saturated heterocycles. The number of anilines is 1. The van der Waals surface area contributed by atoms with Crippen LogP contribution in [0.25, 0.3) is 0 Å². The van der Waals surface area contributed by atoms with Gasteiger partial charge in [-0.2, -0.15) is 4.98 Å². The van der Waals surface area contributed by atoms with E-state index in [1.807, 2.05) is 6.92 Å². The average molecular weight is 269 g/mol. The van der Waals surface area contributed by atoms with Gasteiger partial charge in [0, 0.05) is 25.2 Å². The molecule has 19 heavy (non-hydrogen) atoms. The summed E-state index contributed by atoms with van der Waals surface area (Å²) in [5, 5.41) is 20.9. The van der Waals surface area contributed by atoms with Crippen molar-refractivity contribution in [2.75, 3.05) is 25.1 Å². The highest BCUT2D eigenvalue weighted by molar-refractivity contribution is 5.59. The minimum Gasteiger partial charge on any atom is -0.481 e. The van der Waals surface area contributed by atoms with E-state index in [1.165, 1.54) is 19.2 Å². The van der Waals surface area contributed by atoms with Crippen molar-refractivity contribution in [2.45, 2.75) is 26.4 Å². The molecule has 0 aromatic carbocycles. The van der Waals surface area contributed by atoms with Gasteiger partial charge in [0.2, 0.25) is 11.7 Å². The molecule has 7 heteroatoms. The summed E-state index contributed by atoms with van der Waals surface area (Å²) >= 11 is 0. The molecule has 0 saturated carbocycles. The summed E-state index contributed by atoms with van der Waals surface area (Å²) in [5.41, 5.74) is -1.08. The third-order valence-corrected chi connectivity index (χ3v) is 2.49. The van der Waals surface area contributed by atoms with Gasteiger partial charge in [-0.3, -0.25) is 10.1 Å². The minimum atomic E-state index is -0.978. The number of hydrogen-bond donors (Lipinski definition) is 1. The predicted octanol–water partition coefficient (Wildman–Crippen LogP) is 1.60. The van der Waals surface area contributed by atoms with Gasteiger partial charge in [-0.15, -0.1) is 0 Å². The molecule has 1 rings (SSSR count). The van der Waals surface area contributed by atoms with Crippen molar-refractivity contribution in [3.05, 3.63) is 22.2 Å². The second kappa shape index (κ2) is 5.83. The molecular weight excluding hydrogens is 250 g/mol. The Balaban J connectivity index is 3.23. The predicted molar refractivity (Wildman–Crippen MR) is 71.6 cm³/mol. The molecular formula is C12H19N3O4. The number of likely N-dealkylation sites (N-methyl/N-ethyl adjacent to an activating group) is 1. The number of aliphatic hydroxyl groups is 1. The van der Waals surface area contributed by atoms with Crippen molar-refractivity contribution in [1.82, 2.24) is 4.98 Å². The van der Waals surface area contributed by atoms with Crippen LogP contribution in [0.5, 0.6) is 5.88 Å². The Kier molecular flexibility index (Phi) is 4.66. The van der Waals surface area contributed by atoms with Crippen LogP contribution in [0.1, 0.15) is 20.8 Å². The van der Waals surface area contributed by atoms with Crippen LogP contribution in [0.4, 0.5) is 11.5 Å². The molecule has 7 nitrogen and oxygen atoms in total. The molecule has 1 aromatic rings. The zero-order valence-corrected chi connectivity index (χ0v) is 11.6. The van der Waals surface area contributed by atoms with Crippen LogP contribution in [0, 0.1) is 10.1 Å². The summed E-state index contributed by atoms with van der Waals surface area (Å²) in [7, 11) is 1.45. The molecule has 1 N–H and O–H groups in total. The fourth-order valence-electron chi connectivity index (χ4n) is 1.72. The number of rotatable bonds is 6. The fraction of sp³-hybridized carbons (Fsp3) is 0.583. The Morgan fingerprint density at radius 2 is 2.16 bits per heavy atom. The van der Waals surface area contributed by atoms with Crippen molar-refractivity contribution in [3.63, 3.8) is 0 Å². The second-order valence-electron chi connectivity index (χ2n) is 4.78. The minimum absolute atomic E-state index is 0.105. The lowest BCUT2D eigenvalue weighted by atomic mass is 10.1. The lowest BCUT2D eigenvalue weighted by molar-refractivity contribution is -0.384. The molecule has 0 amide bonds. The summed E-state index contributed by atoms with van der Waals surface area (Å²) in [5.74, 6) is 0.503. The van der Waals surface area contributed by atoms with E-state index in [9.17, 15) is 15.2 Å². The van der Waals surface area contributed by atoms with Crippen LogP contribution in [0.2, 0.25) is 0 Å². The largest absolute Gasteiger partial charge is 0.481 e. The number of aromatic nitrogens is 1. The highest BCUT2D eigenvalue weighted by atomic mass is 16.6. The first-order chi connectivity index (χ1) is 8.78. The lowest BCUT2D eigenvalue weighted by Gasteiger charge is -2.28. The van der Waals surface area contributed by atoms with E-state index >= 15 is 0 Å². The quantitative estimate of drug-likeness (QED) is 0.623. The maximum atomic E-state index is 11.0. The third-order valence-electron chi connectivity index (χ3n) is 2.49. The van der Waals surface area contributed by atoms with Gasteiger partial charge in [0.25, 0.3) is 0 Å². The fourth-order valence-corrected chi connectivity index (χ4v) is 1.72. The van der Waals surface area contributed by atoms with Gasteiger partial charge >= 0.3 is 5.69 Å². The van der Waals surface area contributed by atoms with Crippen LogP contribution in [-0.4, -0.2) is 40.8 Å². The van der Waals surface area contributed by atoms with Crippen molar-refractivity contribution < 1.29 is 14.8 Å². The van der Waals surface area contributed by atoms with E-state index < -0.39 is 10.5 Å². The molecule has 106 valence electrons. The zero-order chi connectivity index (χ0) is 14.6. The van der Waals surface area contributed by atoms with Crippen molar-refractivity contribution >= 4 is 11.5 Å². The van der Waals surface area contributed by atoms with Gasteiger partial charge in [-0.1, -0.05) is 0 Å². The topological polar surface area (TPSA) is 88.7 Å². The molecule has 1 aromatic heterocycles. The molecule has 0 aliphatic heterocycles. The molecule has 0 aliphatic carbocycles. The highest BCUT2D eigenvalue weighted by Crippen LogP contribution is 2.29. The standard InChI is InChI=1S/C12H19N3O4/c1-5-14(8-12(2,3)16)11-9(15(17)18)6-7-10(13-11)19-4/h6-7,16H,5,8H2,1-4H3. The smallest absolute Gasteiger partial charge is 0.311 e. The summed E-state index contributed by atoms with van der Waals surface area (Å²) in [4.78, 5) is 16.3. The van der Waals surface area contributed by atoms with E-state index in [-0.39, 0.29) is 18.1 Å². The average Bonchev–Trinajstić information content (AvgIpc) is 2.33. The van der Waals surface area contributed by atoms with Crippen molar-refractivity contribution in [3.8, 4) is 5.88 Å². The monoisotopic (exact) mass is 269 g/mol. The molecule has 0 bridgehead atoms. The number of pyridine rings is 1. The molecule has 0 atom stereocenters. The van der Waals surface area contributed by atoms with E-state index in [0.717, 1.165) is 0 Å². The number of hydrogen-bond acceptors (Lipinski definition) is 6. The summed E-state index contributed by atoms with van der Waals surface area (Å²) in [6, 6.07) is 2.80. The Labute approximate surface area is 112 Å². The van der Waals surface area contributed by atoms with Gasteiger partial charge in [0.15, 0.2) is 0 Å². The Bertz CT molecular complexity index is 457. The first kappa shape index (κ1) is 15.2. The van der Waals surface area contributed by atoms with Crippen LogP contribution in [0.3, 0.4) is 0 Å². The van der Waals surface area contributed by atoms with Gasteiger partial charge in [-0.05, 0) is 20.8 Å². The van der Waals surface area contributed by atoms with E-state index in [2.05, 4.69) is 4.98 Å². The van der Waals surface area contributed by atoms with Crippen LogP contribution in [-0.2, 0) is 0 Å². The summed E-state index contributed by atoms with van der Waals surface area (Å²) in [6.07, 6.45) is 0. The van der Waals surface area contributed by atoms with E-state index in [1.54, 1.807) is 18.7 Å². The molecule has 0 aliphatic rings. The van der Waals surface area contributed by atoms with Gasteiger partial charge in [0.1, 0.15) is 0 Å². The lowest BCUT2D eigenvalue weighted by Crippen LogP contribution is -2.39. The first-order valence-electron chi connectivity index (χ1n) is 5.95. The van der Waals surface area contributed by atoms with Gasteiger partial charge in [-0.25, -0.2) is 0 Å². The maximum Gasteiger partial charge on any atom is 0.311 e. The second-order valence-corrected chi connectivity index (χ2v) is 4.78. The van der Waals surface area contributed by atoms with E-state index in [0.29, 0.717) is 12.4 Å². The zero-order valence-electron chi connectivity index (χ0n) is 11.6. The normalized spacial score (nSPS) is 11.2. The first-order valence-corrected chi connectivity index (χ1v) is 5.95. The van der Waals surface area contributed by atoms with Gasteiger partial charge in [0.05, 0.1) is 17.6 Å². The SMILES string of the molecule is CCN(CC(C)(C)O)c1nc(OC)ccc1[N+](=O)[O-].